The third-order valence-electron chi connectivity index (χ3n) is 4.50. The van der Waals surface area contributed by atoms with Gasteiger partial charge in [0.25, 0.3) is 0 Å². The Morgan fingerprint density at radius 2 is 1.35 bits per heavy atom. The van der Waals surface area contributed by atoms with Crippen molar-refractivity contribution in [2.24, 2.45) is 17.3 Å². The molecule has 0 aliphatic heterocycles. The molecule has 1 unspecified atom stereocenters. The molecule has 0 aromatic heterocycles. The number of hydrogen-bond donors (Lipinski definition) is 2. The second kappa shape index (κ2) is 12.9. The predicted octanol–water partition coefficient (Wildman–Crippen LogP) is 2.08. The SMILES string of the molecule is CCCCCCCCCC(CC(C(=O)O)C(=O)O)C(C)(C)C.[H-].[Li+]. The van der Waals surface area contributed by atoms with Gasteiger partial charge in [-0.3, -0.25) is 9.59 Å². The molecule has 0 aromatic rings. The zero-order valence-corrected chi connectivity index (χ0v) is 15.7. The van der Waals surface area contributed by atoms with E-state index in [4.69, 9.17) is 10.2 Å². The molecule has 0 radical (unpaired) electrons. The molecule has 0 saturated carbocycles. The summed E-state index contributed by atoms with van der Waals surface area (Å²) >= 11 is 0. The second-order valence-electron chi connectivity index (χ2n) is 7.44. The van der Waals surface area contributed by atoms with Crippen LogP contribution in [0.4, 0.5) is 0 Å². The Balaban J connectivity index is -0.00000220. The van der Waals surface area contributed by atoms with Gasteiger partial charge in [-0.15, -0.1) is 0 Å². The molecule has 0 saturated heterocycles. The van der Waals surface area contributed by atoms with Crippen molar-refractivity contribution in [3.8, 4) is 0 Å². The van der Waals surface area contributed by atoms with Gasteiger partial charge in [-0.2, -0.15) is 0 Å². The zero-order valence-electron chi connectivity index (χ0n) is 16.7. The molecular weight excluding hydrogens is 287 g/mol. The molecule has 4 nitrogen and oxygen atoms in total. The van der Waals surface area contributed by atoms with Crippen LogP contribution >= 0.6 is 0 Å². The summed E-state index contributed by atoms with van der Waals surface area (Å²) in [5, 5.41) is 18.1. The van der Waals surface area contributed by atoms with Crippen molar-refractivity contribution in [3.63, 3.8) is 0 Å². The van der Waals surface area contributed by atoms with E-state index in [1.807, 2.05) is 0 Å². The molecule has 0 rings (SSSR count). The molecule has 0 fully saturated rings. The van der Waals surface area contributed by atoms with Crippen LogP contribution in [0.3, 0.4) is 0 Å². The van der Waals surface area contributed by atoms with Crippen LogP contribution in [0.5, 0.6) is 0 Å². The average molecular weight is 322 g/mol. The summed E-state index contributed by atoms with van der Waals surface area (Å²) in [4.78, 5) is 22.2. The first kappa shape index (κ1) is 24.8. The first-order chi connectivity index (χ1) is 10.2. The van der Waals surface area contributed by atoms with Crippen molar-refractivity contribution in [1.82, 2.24) is 0 Å². The van der Waals surface area contributed by atoms with Crippen LogP contribution in [0.2, 0.25) is 0 Å². The Morgan fingerprint density at radius 3 is 1.74 bits per heavy atom. The number of aliphatic carboxylic acids is 2. The molecule has 23 heavy (non-hydrogen) atoms. The van der Waals surface area contributed by atoms with Gasteiger partial charge >= 0.3 is 30.8 Å². The molecule has 0 aliphatic carbocycles. The average Bonchev–Trinajstić information content (AvgIpc) is 2.38. The van der Waals surface area contributed by atoms with Crippen LogP contribution < -0.4 is 18.9 Å². The van der Waals surface area contributed by atoms with Gasteiger partial charge in [0.2, 0.25) is 0 Å². The summed E-state index contributed by atoms with van der Waals surface area (Å²) in [6.07, 6.45) is 9.67. The molecule has 2 N–H and O–H groups in total. The Kier molecular flexibility index (Phi) is 13.9. The van der Waals surface area contributed by atoms with Gasteiger partial charge in [0.05, 0.1) is 0 Å². The van der Waals surface area contributed by atoms with Crippen LogP contribution in [0.15, 0.2) is 0 Å². The molecule has 0 bridgehead atoms. The first-order valence-corrected chi connectivity index (χ1v) is 8.65. The summed E-state index contributed by atoms with van der Waals surface area (Å²) in [6, 6.07) is 0. The summed E-state index contributed by atoms with van der Waals surface area (Å²) in [6.45, 7) is 8.41. The molecule has 1 atom stereocenters. The molecule has 0 aromatic carbocycles. The van der Waals surface area contributed by atoms with E-state index in [0.717, 1.165) is 19.3 Å². The zero-order chi connectivity index (χ0) is 17.2. The number of carboxylic acids is 2. The van der Waals surface area contributed by atoms with Gasteiger partial charge in [0, 0.05) is 0 Å². The normalized spacial score (nSPS) is 12.7. The van der Waals surface area contributed by atoms with Gasteiger partial charge in [0.1, 0.15) is 0 Å². The van der Waals surface area contributed by atoms with Crippen LogP contribution in [-0.4, -0.2) is 22.2 Å². The van der Waals surface area contributed by atoms with Crippen molar-refractivity contribution in [2.75, 3.05) is 0 Å². The molecular formula is C18H35LiO4. The van der Waals surface area contributed by atoms with Crippen molar-refractivity contribution in [1.29, 1.82) is 0 Å². The van der Waals surface area contributed by atoms with E-state index in [2.05, 4.69) is 27.7 Å². The standard InChI is InChI=1S/C18H34O4.Li.H/c1-5-6-7-8-9-10-11-12-14(18(2,3)4)13-15(16(19)20)17(21)22;;/h14-15H,5-13H2,1-4H3,(H,19,20)(H,21,22);;/q;+1;-1. The molecule has 0 spiro atoms. The van der Waals surface area contributed by atoms with E-state index in [1.54, 1.807) is 0 Å². The third kappa shape index (κ3) is 11.7. The maximum atomic E-state index is 11.1. The van der Waals surface area contributed by atoms with Crippen molar-refractivity contribution >= 4 is 11.9 Å². The number of unbranched alkanes of at least 4 members (excludes halogenated alkanes) is 6. The van der Waals surface area contributed by atoms with E-state index >= 15 is 0 Å². The summed E-state index contributed by atoms with van der Waals surface area (Å²) in [5.74, 6) is -3.60. The van der Waals surface area contributed by atoms with E-state index in [9.17, 15) is 9.59 Å². The van der Waals surface area contributed by atoms with Crippen LogP contribution in [0.1, 0.15) is 86.9 Å². The molecule has 132 valence electrons. The number of hydrogen-bond acceptors (Lipinski definition) is 2. The molecule has 0 heterocycles. The van der Waals surface area contributed by atoms with Crippen molar-refractivity contribution < 1.29 is 40.1 Å². The van der Waals surface area contributed by atoms with E-state index < -0.39 is 17.9 Å². The maximum Gasteiger partial charge on any atom is 1.00 e. The first-order valence-electron chi connectivity index (χ1n) is 8.65. The fraction of sp³-hybridized carbons (Fsp3) is 0.889. The largest absolute Gasteiger partial charge is 1.00 e. The summed E-state index contributed by atoms with van der Waals surface area (Å²) < 4.78 is 0. The summed E-state index contributed by atoms with van der Waals surface area (Å²) in [7, 11) is 0. The van der Waals surface area contributed by atoms with Crippen molar-refractivity contribution in [2.45, 2.75) is 85.5 Å². The molecule has 0 amide bonds. The Morgan fingerprint density at radius 1 is 0.913 bits per heavy atom. The number of rotatable bonds is 12. The Bertz CT molecular complexity index is 328. The minimum Gasteiger partial charge on any atom is -1.00 e. The van der Waals surface area contributed by atoms with Gasteiger partial charge in [-0.1, -0.05) is 72.6 Å². The monoisotopic (exact) mass is 322 g/mol. The summed E-state index contributed by atoms with van der Waals surface area (Å²) in [5.41, 5.74) is -0.0641. The maximum absolute atomic E-state index is 11.1. The molecule has 0 aliphatic rings. The van der Waals surface area contributed by atoms with Gasteiger partial charge < -0.3 is 11.6 Å². The number of carbonyl (C=O) groups is 2. The smallest absolute Gasteiger partial charge is 1.00 e. The van der Waals surface area contributed by atoms with Gasteiger partial charge in [0.15, 0.2) is 5.92 Å². The minimum atomic E-state index is -1.28. The van der Waals surface area contributed by atoms with Gasteiger partial charge in [-0.05, 0) is 24.2 Å². The predicted molar refractivity (Wildman–Crippen MR) is 90.0 cm³/mol. The van der Waals surface area contributed by atoms with E-state index in [-0.39, 0.29) is 38.0 Å². The quantitative estimate of drug-likeness (QED) is 0.328. The van der Waals surface area contributed by atoms with Gasteiger partial charge in [-0.25, -0.2) is 0 Å². The van der Waals surface area contributed by atoms with E-state index in [1.165, 1.54) is 32.1 Å². The fourth-order valence-electron chi connectivity index (χ4n) is 2.84. The molecule has 5 heteroatoms. The van der Waals surface area contributed by atoms with Crippen LogP contribution in [0, 0.1) is 17.3 Å². The van der Waals surface area contributed by atoms with Crippen LogP contribution in [-0.2, 0) is 9.59 Å². The second-order valence-corrected chi connectivity index (χ2v) is 7.44. The Labute approximate surface area is 155 Å². The third-order valence-corrected chi connectivity index (χ3v) is 4.50. The van der Waals surface area contributed by atoms with Crippen molar-refractivity contribution in [3.05, 3.63) is 0 Å². The van der Waals surface area contributed by atoms with Crippen LogP contribution in [0.25, 0.3) is 0 Å². The fourth-order valence-corrected chi connectivity index (χ4v) is 2.84. The topological polar surface area (TPSA) is 74.6 Å². The number of carboxylic acid groups (broad SMARTS) is 2. The Hall–Kier alpha value is -0.463. The minimum absolute atomic E-state index is 0. The van der Waals surface area contributed by atoms with E-state index in [0.29, 0.717) is 0 Å².